The summed E-state index contributed by atoms with van der Waals surface area (Å²) in [5.74, 6) is 0. The van der Waals surface area contributed by atoms with Gasteiger partial charge in [-0.1, -0.05) is 12.1 Å². The zero-order valence-electron chi connectivity index (χ0n) is 8.30. The van der Waals surface area contributed by atoms with E-state index < -0.39 is 15.6 Å². The molecule has 1 atom stereocenters. The lowest BCUT2D eigenvalue weighted by Crippen LogP contribution is -2.20. The summed E-state index contributed by atoms with van der Waals surface area (Å²) in [6.07, 6.45) is 2.68. The Kier molecular flexibility index (Phi) is 2.64. The van der Waals surface area contributed by atoms with Gasteiger partial charge in [-0.15, -0.1) is 9.19 Å². The Balaban J connectivity index is 3.13. The van der Waals surface area contributed by atoms with Gasteiger partial charge >= 0.3 is 0 Å². The lowest BCUT2D eigenvalue weighted by molar-refractivity contribution is 0.0484. The number of nitrogens with zero attached hydrogens (tertiary/aromatic N) is 3. The van der Waals surface area contributed by atoms with E-state index in [-0.39, 0.29) is 5.69 Å². The molecule has 0 radical (unpaired) electrons. The monoisotopic (exact) mass is 219 g/mol. The highest BCUT2D eigenvalue weighted by molar-refractivity contribution is 7.89. The van der Waals surface area contributed by atoms with Crippen LogP contribution in [0.25, 0.3) is 0 Å². The SMILES string of the molecule is CCC(C)(O)c1cn(S(C)(=O)=O)nn1. The van der Waals surface area contributed by atoms with Gasteiger partial charge in [0.2, 0.25) is 0 Å². The van der Waals surface area contributed by atoms with Crippen molar-refractivity contribution in [1.82, 2.24) is 14.4 Å². The summed E-state index contributed by atoms with van der Waals surface area (Å²) in [6.45, 7) is 3.34. The van der Waals surface area contributed by atoms with Crippen molar-refractivity contribution in [3.63, 3.8) is 0 Å². The maximum atomic E-state index is 11.0. The molecule has 0 spiro atoms. The first-order valence-corrected chi connectivity index (χ1v) is 5.98. The topological polar surface area (TPSA) is 85.1 Å². The number of aliphatic hydroxyl groups is 1. The minimum absolute atomic E-state index is 0.255. The third-order valence-electron chi connectivity index (χ3n) is 2.05. The van der Waals surface area contributed by atoms with Crippen molar-refractivity contribution in [3.05, 3.63) is 11.9 Å². The Morgan fingerprint density at radius 2 is 2.21 bits per heavy atom. The molecule has 0 amide bonds. The molecule has 0 bridgehead atoms. The van der Waals surface area contributed by atoms with Crippen molar-refractivity contribution < 1.29 is 13.5 Å². The molecule has 0 aliphatic rings. The van der Waals surface area contributed by atoms with Crippen molar-refractivity contribution in [1.29, 1.82) is 0 Å². The third-order valence-corrected chi connectivity index (χ3v) is 2.91. The van der Waals surface area contributed by atoms with Crippen molar-refractivity contribution in [2.45, 2.75) is 25.9 Å². The van der Waals surface area contributed by atoms with E-state index in [0.717, 1.165) is 10.3 Å². The van der Waals surface area contributed by atoms with Crippen LogP contribution in [0.2, 0.25) is 0 Å². The maximum Gasteiger partial charge on any atom is 0.252 e. The number of aromatic nitrogens is 3. The Labute approximate surface area is 82.6 Å². The number of rotatable bonds is 3. The summed E-state index contributed by atoms with van der Waals surface area (Å²) in [4.78, 5) is 0. The van der Waals surface area contributed by atoms with Gasteiger partial charge in [0.25, 0.3) is 10.0 Å². The molecular formula is C7H13N3O3S. The van der Waals surface area contributed by atoms with E-state index in [4.69, 9.17) is 0 Å². The van der Waals surface area contributed by atoms with Crippen LogP contribution in [0.15, 0.2) is 6.20 Å². The molecule has 0 aliphatic heterocycles. The molecule has 1 heterocycles. The van der Waals surface area contributed by atoms with Gasteiger partial charge in [0.1, 0.15) is 11.3 Å². The van der Waals surface area contributed by atoms with Gasteiger partial charge in [0.15, 0.2) is 0 Å². The minimum Gasteiger partial charge on any atom is -0.384 e. The third kappa shape index (κ3) is 2.10. The molecule has 6 nitrogen and oxygen atoms in total. The van der Waals surface area contributed by atoms with Crippen LogP contribution in [-0.2, 0) is 15.6 Å². The van der Waals surface area contributed by atoms with E-state index in [9.17, 15) is 13.5 Å². The second kappa shape index (κ2) is 3.32. The van der Waals surface area contributed by atoms with Gasteiger partial charge < -0.3 is 5.11 Å². The summed E-state index contributed by atoms with van der Waals surface area (Å²) in [5, 5.41) is 16.8. The van der Waals surface area contributed by atoms with Crippen LogP contribution in [0.3, 0.4) is 0 Å². The minimum atomic E-state index is -3.42. The highest BCUT2D eigenvalue weighted by atomic mass is 32.2. The summed E-state index contributed by atoms with van der Waals surface area (Å²) < 4.78 is 22.8. The average Bonchev–Trinajstić information content (AvgIpc) is 2.51. The molecule has 0 aliphatic carbocycles. The standard InChI is InChI=1S/C7H13N3O3S/c1-4-7(2,11)6-5-10(9-8-6)14(3,12)13/h5,11H,4H2,1-3H3. The van der Waals surface area contributed by atoms with Crippen molar-refractivity contribution in [3.8, 4) is 0 Å². The second-order valence-corrected chi connectivity index (χ2v) is 5.21. The van der Waals surface area contributed by atoms with Crippen molar-refractivity contribution in [2.75, 3.05) is 6.26 Å². The van der Waals surface area contributed by atoms with E-state index in [0.29, 0.717) is 6.42 Å². The van der Waals surface area contributed by atoms with E-state index in [1.807, 2.05) is 0 Å². The highest BCUT2D eigenvalue weighted by Gasteiger charge is 2.25. The molecule has 1 N–H and O–H groups in total. The van der Waals surface area contributed by atoms with Crippen LogP contribution >= 0.6 is 0 Å². The van der Waals surface area contributed by atoms with Crippen LogP contribution in [0.4, 0.5) is 0 Å². The fourth-order valence-electron chi connectivity index (χ4n) is 0.838. The van der Waals surface area contributed by atoms with Gasteiger partial charge in [-0.25, -0.2) is 8.42 Å². The molecule has 1 rings (SSSR count). The first-order valence-electron chi connectivity index (χ1n) is 4.13. The van der Waals surface area contributed by atoms with E-state index in [2.05, 4.69) is 10.3 Å². The van der Waals surface area contributed by atoms with Crippen LogP contribution in [0.1, 0.15) is 26.0 Å². The summed E-state index contributed by atoms with van der Waals surface area (Å²) >= 11 is 0. The number of hydrogen-bond acceptors (Lipinski definition) is 5. The van der Waals surface area contributed by atoms with E-state index >= 15 is 0 Å². The van der Waals surface area contributed by atoms with Crippen LogP contribution in [0, 0.1) is 0 Å². The normalized spacial score (nSPS) is 16.6. The van der Waals surface area contributed by atoms with Gasteiger partial charge in [0, 0.05) is 0 Å². The highest BCUT2D eigenvalue weighted by Crippen LogP contribution is 2.21. The molecule has 0 aromatic carbocycles. The Bertz CT molecular complexity index is 421. The first-order chi connectivity index (χ1) is 6.27. The molecule has 7 heteroatoms. The molecular weight excluding hydrogens is 206 g/mol. The molecule has 0 saturated carbocycles. The Hall–Kier alpha value is -0.950. The zero-order chi connectivity index (χ0) is 11.0. The lowest BCUT2D eigenvalue weighted by atomic mass is 10.0. The summed E-state index contributed by atoms with van der Waals surface area (Å²) in [5.41, 5.74) is -0.881. The summed E-state index contributed by atoms with van der Waals surface area (Å²) in [7, 11) is -3.42. The van der Waals surface area contributed by atoms with Crippen molar-refractivity contribution in [2.24, 2.45) is 0 Å². The Morgan fingerprint density at radius 1 is 1.64 bits per heavy atom. The molecule has 0 saturated heterocycles. The first kappa shape index (κ1) is 11.1. The molecule has 80 valence electrons. The zero-order valence-corrected chi connectivity index (χ0v) is 9.11. The molecule has 1 aromatic rings. The fraction of sp³-hybridized carbons (Fsp3) is 0.714. The largest absolute Gasteiger partial charge is 0.384 e. The number of hydrogen-bond donors (Lipinski definition) is 1. The quantitative estimate of drug-likeness (QED) is 0.754. The fourth-order valence-corrected chi connectivity index (χ4v) is 1.30. The predicted molar refractivity (Wildman–Crippen MR) is 50.1 cm³/mol. The lowest BCUT2D eigenvalue weighted by Gasteiger charge is -2.16. The van der Waals surface area contributed by atoms with Crippen LogP contribution < -0.4 is 0 Å². The molecule has 14 heavy (non-hydrogen) atoms. The predicted octanol–water partition coefficient (Wildman–Crippen LogP) is -0.297. The van der Waals surface area contributed by atoms with E-state index in [1.165, 1.54) is 6.20 Å². The maximum absolute atomic E-state index is 11.0. The average molecular weight is 219 g/mol. The summed E-state index contributed by atoms with van der Waals surface area (Å²) in [6, 6.07) is 0. The van der Waals surface area contributed by atoms with Gasteiger partial charge in [-0.2, -0.15) is 0 Å². The van der Waals surface area contributed by atoms with E-state index in [1.54, 1.807) is 13.8 Å². The van der Waals surface area contributed by atoms with Crippen LogP contribution in [-0.4, -0.2) is 34.2 Å². The Morgan fingerprint density at radius 3 is 2.57 bits per heavy atom. The molecule has 1 unspecified atom stereocenters. The smallest absolute Gasteiger partial charge is 0.252 e. The molecule has 1 aromatic heterocycles. The molecule has 0 fully saturated rings. The van der Waals surface area contributed by atoms with Gasteiger partial charge in [-0.05, 0) is 13.3 Å². The van der Waals surface area contributed by atoms with Crippen LogP contribution in [0.5, 0.6) is 0 Å². The van der Waals surface area contributed by atoms with Gasteiger partial charge in [-0.3, -0.25) is 0 Å². The second-order valence-electron chi connectivity index (χ2n) is 3.37. The van der Waals surface area contributed by atoms with Gasteiger partial charge in [0.05, 0.1) is 12.5 Å². The van der Waals surface area contributed by atoms with Crippen molar-refractivity contribution >= 4 is 10.0 Å².